The molecule has 1 N–H and O–H groups in total. The lowest BCUT2D eigenvalue weighted by atomic mass is 10.1. The summed E-state index contributed by atoms with van der Waals surface area (Å²) in [5, 5.41) is 9.71. The molecule has 0 bridgehead atoms. The molecular formula is C12H13NO2. The minimum absolute atomic E-state index is 0.00528. The van der Waals surface area contributed by atoms with Gasteiger partial charge in [-0.25, -0.2) is 0 Å². The fraction of sp³-hybridized carbons (Fsp3) is 0.250. The number of Topliss-reactive ketones (excluding diaryl/α,β-unsaturated/α-hetero) is 1. The summed E-state index contributed by atoms with van der Waals surface area (Å²) >= 11 is 0. The molecule has 0 spiro atoms. The van der Waals surface area contributed by atoms with Crippen LogP contribution in [0.15, 0.2) is 30.5 Å². The molecule has 0 saturated heterocycles. The lowest BCUT2D eigenvalue weighted by Gasteiger charge is -1.95. The first kappa shape index (κ1) is 9.93. The Morgan fingerprint density at radius 1 is 1.40 bits per heavy atom. The summed E-state index contributed by atoms with van der Waals surface area (Å²) in [5.41, 5.74) is 1.74. The Balaban J connectivity index is 2.57. The summed E-state index contributed by atoms with van der Waals surface area (Å²) in [5.74, 6) is -0.00528. The maximum atomic E-state index is 11.7. The number of hydrogen-bond donors (Lipinski definition) is 1. The van der Waals surface area contributed by atoms with E-state index in [1.165, 1.54) is 0 Å². The SMILES string of the molecule is Cn1cc(C(=O)CCO)c2ccccc21. The van der Waals surface area contributed by atoms with E-state index in [1.807, 2.05) is 42.1 Å². The van der Waals surface area contributed by atoms with Gasteiger partial charge in [0.05, 0.1) is 6.61 Å². The van der Waals surface area contributed by atoms with Crippen molar-refractivity contribution in [3.05, 3.63) is 36.0 Å². The third-order valence-corrected chi connectivity index (χ3v) is 2.54. The van der Waals surface area contributed by atoms with E-state index in [-0.39, 0.29) is 18.8 Å². The molecule has 1 aromatic heterocycles. The average molecular weight is 203 g/mol. The molecule has 1 heterocycles. The van der Waals surface area contributed by atoms with Crippen molar-refractivity contribution >= 4 is 16.7 Å². The Kier molecular flexibility index (Phi) is 2.56. The molecule has 3 nitrogen and oxygen atoms in total. The van der Waals surface area contributed by atoms with E-state index in [9.17, 15) is 4.79 Å². The number of ketones is 1. The van der Waals surface area contributed by atoms with Gasteiger partial charge in [-0.05, 0) is 6.07 Å². The fourth-order valence-corrected chi connectivity index (χ4v) is 1.80. The van der Waals surface area contributed by atoms with Gasteiger partial charge >= 0.3 is 0 Å². The van der Waals surface area contributed by atoms with E-state index >= 15 is 0 Å². The first-order chi connectivity index (χ1) is 7.24. The predicted molar refractivity (Wildman–Crippen MR) is 59.0 cm³/mol. The van der Waals surface area contributed by atoms with Crippen LogP contribution in [-0.2, 0) is 7.05 Å². The van der Waals surface area contributed by atoms with E-state index in [0.29, 0.717) is 5.56 Å². The summed E-state index contributed by atoms with van der Waals surface area (Å²) in [6.45, 7) is -0.0952. The standard InChI is InChI=1S/C12H13NO2/c1-13-8-10(12(15)6-7-14)9-4-2-3-5-11(9)13/h2-5,8,14H,6-7H2,1H3. The molecule has 0 aliphatic rings. The van der Waals surface area contributed by atoms with E-state index in [0.717, 1.165) is 10.9 Å². The third kappa shape index (κ3) is 1.66. The topological polar surface area (TPSA) is 42.2 Å². The van der Waals surface area contributed by atoms with Gasteiger partial charge in [-0.2, -0.15) is 0 Å². The number of carbonyl (C=O) groups excluding carboxylic acids is 1. The summed E-state index contributed by atoms with van der Waals surface area (Å²) in [7, 11) is 1.91. The number of nitrogens with zero attached hydrogens (tertiary/aromatic N) is 1. The van der Waals surface area contributed by atoms with E-state index < -0.39 is 0 Å². The van der Waals surface area contributed by atoms with Crippen LogP contribution in [0.5, 0.6) is 0 Å². The minimum Gasteiger partial charge on any atom is -0.396 e. The van der Waals surface area contributed by atoms with Crippen LogP contribution in [0.4, 0.5) is 0 Å². The number of aryl methyl sites for hydroxylation is 1. The second kappa shape index (κ2) is 3.87. The monoisotopic (exact) mass is 203 g/mol. The number of aliphatic hydroxyl groups excluding tert-OH is 1. The molecule has 1 aromatic carbocycles. The van der Waals surface area contributed by atoms with Crippen LogP contribution in [-0.4, -0.2) is 22.1 Å². The largest absolute Gasteiger partial charge is 0.396 e. The lowest BCUT2D eigenvalue weighted by molar-refractivity contribution is 0.0958. The van der Waals surface area contributed by atoms with Crippen LogP contribution in [0.25, 0.3) is 10.9 Å². The van der Waals surface area contributed by atoms with E-state index in [1.54, 1.807) is 0 Å². The molecule has 0 fully saturated rings. The van der Waals surface area contributed by atoms with Gasteiger partial charge in [-0.3, -0.25) is 4.79 Å². The Morgan fingerprint density at radius 3 is 2.87 bits per heavy atom. The Morgan fingerprint density at radius 2 is 2.13 bits per heavy atom. The van der Waals surface area contributed by atoms with Gasteiger partial charge in [0.1, 0.15) is 0 Å². The van der Waals surface area contributed by atoms with E-state index in [2.05, 4.69) is 0 Å². The number of aromatic nitrogens is 1. The van der Waals surface area contributed by atoms with Crippen molar-refractivity contribution < 1.29 is 9.90 Å². The lowest BCUT2D eigenvalue weighted by Crippen LogP contribution is -2.00. The third-order valence-electron chi connectivity index (χ3n) is 2.54. The van der Waals surface area contributed by atoms with Crippen molar-refractivity contribution in [1.82, 2.24) is 4.57 Å². The predicted octanol–water partition coefficient (Wildman–Crippen LogP) is 1.74. The molecule has 0 atom stereocenters. The molecule has 0 radical (unpaired) electrons. The van der Waals surface area contributed by atoms with Crippen molar-refractivity contribution in [2.75, 3.05) is 6.61 Å². The smallest absolute Gasteiger partial charge is 0.167 e. The molecule has 2 aromatic rings. The van der Waals surface area contributed by atoms with Gasteiger partial charge in [-0.15, -0.1) is 0 Å². The highest BCUT2D eigenvalue weighted by Crippen LogP contribution is 2.21. The maximum absolute atomic E-state index is 11.7. The van der Waals surface area contributed by atoms with Crippen LogP contribution in [0, 0.1) is 0 Å². The number of hydrogen-bond acceptors (Lipinski definition) is 2. The molecule has 0 aliphatic carbocycles. The van der Waals surface area contributed by atoms with Gasteiger partial charge < -0.3 is 9.67 Å². The van der Waals surface area contributed by atoms with Crippen LogP contribution in [0.2, 0.25) is 0 Å². The maximum Gasteiger partial charge on any atom is 0.167 e. The highest BCUT2D eigenvalue weighted by atomic mass is 16.3. The fourth-order valence-electron chi connectivity index (χ4n) is 1.80. The van der Waals surface area contributed by atoms with E-state index in [4.69, 9.17) is 5.11 Å². The van der Waals surface area contributed by atoms with Crippen LogP contribution >= 0.6 is 0 Å². The molecule has 0 aliphatic heterocycles. The van der Waals surface area contributed by atoms with Gasteiger partial charge in [0, 0.05) is 36.1 Å². The number of rotatable bonds is 3. The van der Waals surface area contributed by atoms with Gasteiger partial charge in [-0.1, -0.05) is 18.2 Å². The molecule has 2 rings (SSSR count). The van der Waals surface area contributed by atoms with Crippen molar-refractivity contribution in [2.24, 2.45) is 7.05 Å². The van der Waals surface area contributed by atoms with Crippen molar-refractivity contribution in [3.8, 4) is 0 Å². The van der Waals surface area contributed by atoms with Crippen LogP contribution < -0.4 is 0 Å². The quantitative estimate of drug-likeness (QED) is 0.772. The number of para-hydroxylation sites is 1. The molecule has 0 saturated carbocycles. The number of aliphatic hydroxyl groups is 1. The molecule has 0 unspecified atom stereocenters. The van der Waals surface area contributed by atoms with Crippen molar-refractivity contribution in [1.29, 1.82) is 0 Å². The Labute approximate surface area is 87.9 Å². The second-order valence-electron chi connectivity index (χ2n) is 3.57. The van der Waals surface area contributed by atoms with Gasteiger partial charge in [0.25, 0.3) is 0 Å². The first-order valence-electron chi connectivity index (χ1n) is 4.92. The zero-order valence-electron chi connectivity index (χ0n) is 8.60. The first-order valence-corrected chi connectivity index (χ1v) is 4.92. The van der Waals surface area contributed by atoms with Crippen molar-refractivity contribution in [3.63, 3.8) is 0 Å². The summed E-state index contributed by atoms with van der Waals surface area (Å²) in [6.07, 6.45) is 2.01. The number of benzene rings is 1. The summed E-state index contributed by atoms with van der Waals surface area (Å²) < 4.78 is 1.93. The molecular weight excluding hydrogens is 190 g/mol. The Bertz CT molecular complexity index is 499. The number of fused-ring (bicyclic) bond motifs is 1. The normalized spacial score (nSPS) is 10.8. The molecule has 3 heteroatoms. The second-order valence-corrected chi connectivity index (χ2v) is 3.57. The highest BCUT2D eigenvalue weighted by molar-refractivity contribution is 6.08. The minimum atomic E-state index is -0.0952. The Hall–Kier alpha value is -1.61. The molecule has 78 valence electrons. The zero-order valence-corrected chi connectivity index (χ0v) is 8.60. The molecule has 15 heavy (non-hydrogen) atoms. The average Bonchev–Trinajstić information content (AvgIpc) is 2.58. The highest BCUT2D eigenvalue weighted by Gasteiger charge is 2.12. The van der Waals surface area contributed by atoms with Crippen LogP contribution in [0.3, 0.4) is 0 Å². The van der Waals surface area contributed by atoms with Crippen molar-refractivity contribution in [2.45, 2.75) is 6.42 Å². The van der Waals surface area contributed by atoms with Crippen LogP contribution in [0.1, 0.15) is 16.8 Å². The summed E-state index contributed by atoms with van der Waals surface area (Å²) in [6, 6.07) is 7.77. The summed E-state index contributed by atoms with van der Waals surface area (Å²) in [4.78, 5) is 11.7. The zero-order chi connectivity index (χ0) is 10.8. The number of carbonyl (C=O) groups is 1. The van der Waals surface area contributed by atoms with Gasteiger partial charge in [0.2, 0.25) is 0 Å². The van der Waals surface area contributed by atoms with Gasteiger partial charge in [0.15, 0.2) is 5.78 Å². The molecule has 0 amide bonds.